The van der Waals surface area contributed by atoms with E-state index >= 15 is 0 Å². The molecule has 1 aliphatic heterocycles. The summed E-state index contributed by atoms with van der Waals surface area (Å²) in [4.78, 5) is 25.0. The van der Waals surface area contributed by atoms with Gasteiger partial charge in [-0.2, -0.15) is 26.3 Å². The lowest BCUT2D eigenvalue weighted by molar-refractivity contribution is -0.193. The summed E-state index contributed by atoms with van der Waals surface area (Å²) in [5.74, 6) is -5.38. The van der Waals surface area contributed by atoms with Gasteiger partial charge < -0.3 is 9.47 Å². The van der Waals surface area contributed by atoms with Crippen molar-refractivity contribution in [2.75, 3.05) is 13.1 Å². The van der Waals surface area contributed by atoms with Crippen molar-refractivity contribution < 1.29 is 49.8 Å². The first-order chi connectivity index (χ1) is 17.3. The van der Waals surface area contributed by atoms with Gasteiger partial charge in [0.2, 0.25) is 0 Å². The van der Waals surface area contributed by atoms with Crippen LogP contribution in [-0.2, 0) is 22.3 Å². The quantitative estimate of drug-likeness (QED) is 0.259. The van der Waals surface area contributed by atoms with Gasteiger partial charge in [-0.1, -0.05) is 6.07 Å². The maximum absolute atomic E-state index is 14.7. The highest BCUT2D eigenvalue weighted by molar-refractivity contribution is 5.98. The predicted octanol–water partition coefficient (Wildman–Crippen LogP) is 6.01. The van der Waals surface area contributed by atoms with E-state index in [4.69, 9.17) is 4.74 Å². The average Bonchev–Trinajstić information content (AvgIpc) is 3.65. The fourth-order valence-electron chi connectivity index (χ4n) is 4.26. The lowest BCUT2D eigenvalue weighted by Gasteiger charge is -2.32. The van der Waals surface area contributed by atoms with E-state index in [0.29, 0.717) is 43.6 Å². The number of alkyl halides is 6. The van der Waals surface area contributed by atoms with Gasteiger partial charge in [0.1, 0.15) is 17.7 Å². The third kappa shape index (κ3) is 6.79. The number of likely N-dealkylation sites (tertiary alicyclic amines) is 1. The first-order valence-corrected chi connectivity index (χ1v) is 11.5. The molecule has 0 atom stereocenters. The molecule has 0 N–H and O–H groups in total. The Balaban J connectivity index is 1.39. The van der Waals surface area contributed by atoms with Gasteiger partial charge in [0, 0.05) is 19.6 Å². The van der Waals surface area contributed by atoms with Crippen molar-refractivity contribution in [3.8, 4) is 5.75 Å². The number of ether oxygens (including phenoxy) is 2. The largest absolute Gasteiger partial charge is 0.491 e. The second kappa shape index (κ2) is 10.3. The molecule has 0 radical (unpaired) electrons. The molecule has 2 fully saturated rings. The van der Waals surface area contributed by atoms with Crippen LogP contribution in [0.1, 0.15) is 58.6 Å². The Morgan fingerprint density at radius 3 is 2.22 bits per heavy atom. The van der Waals surface area contributed by atoms with Gasteiger partial charge in [-0.3, -0.25) is 4.90 Å². The summed E-state index contributed by atoms with van der Waals surface area (Å²) in [6.07, 6.45) is -7.60. The van der Waals surface area contributed by atoms with E-state index in [0.717, 1.165) is 37.1 Å². The van der Waals surface area contributed by atoms with Crippen LogP contribution in [0, 0.1) is 5.82 Å². The highest BCUT2D eigenvalue weighted by atomic mass is 19.4. The number of carbonyl (C=O) groups excluding carboxylic acids is 2. The standard InChI is InChI=1S/C25H22F7NO4/c26-21-10-15(19(14-4-5-14)12-20(21)22(34)37-23(35)25(30,31)32)13-33-8-6-17(7-9-33)36-18-3-1-2-16(11-18)24(27,28)29/h1-3,10-12,14,17H,4-9,13H2. The maximum Gasteiger partial charge on any atom is 0.491 e. The summed E-state index contributed by atoms with van der Waals surface area (Å²) in [6, 6.07) is 6.88. The molecule has 0 unspecified atom stereocenters. The van der Waals surface area contributed by atoms with Crippen molar-refractivity contribution in [1.29, 1.82) is 0 Å². The van der Waals surface area contributed by atoms with Gasteiger partial charge in [0.25, 0.3) is 0 Å². The smallest absolute Gasteiger partial charge is 0.490 e. The fourth-order valence-corrected chi connectivity index (χ4v) is 4.26. The Morgan fingerprint density at radius 1 is 0.946 bits per heavy atom. The summed E-state index contributed by atoms with van der Waals surface area (Å²) in [7, 11) is 0. The molecule has 1 saturated heterocycles. The van der Waals surface area contributed by atoms with Crippen LogP contribution < -0.4 is 4.74 Å². The molecular weight excluding hydrogens is 511 g/mol. The number of nitrogens with zero attached hydrogens (tertiary/aromatic N) is 1. The zero-order valence-corrected chi connectivity index (χ0v) is 19.3. The molecule has 0 bridgehead atoms. The van der Waals surface area contributed by atoms with E-state index in [1.54, 1.807) is 0 Å². The minimum atomic E-state index is -5.39. The Morgan fingerprint density at radius 2 is 1.62 bits per heavy atom. The lowest BCUT2D eigenvalue weighted by Crippen LogP contribution is -2.38. The topological polar surface area (TPSA) is 55.8 Å². The van der Waals surface area contributed by atoms with Crippen molar-refractivity contribution in [2.45, 2.75) is 56.6 Å². The Hall–Kier alpha value is -3.15. The van der Waals surface area contributed by atoms with Crippen LogP contribution >= 0.6 is 0 Å². The van der Waals surface area contributed by atoms with Crippen molar-refractivity contribution in [3.63, 3.8) is 0 Å². The minimum Gasteiger partial charge on any atom is -0.490 e. The summed E-state index contributed by atoms with van der Waals surface area (Å²) < 4.78 is 100. The fraction of sp³-hybridized carbons (Fsp3) is 0.440. The van der Waals surface area contributed by atoms with Crippen molar-refractivity contribution in [3.05, 3.63) is 64.5 Å². The molecule has 0 amide bonds. The average molecular weight is 533 g/mol. The molecule has 200 valence electrons. The van der Waals surface area contributed by atoms with E-state index in [1.165, 1.54) is 12.1 Å². The summed E-state index contributed by atoms with van der Waals surface area (Å²) in [5.41, 5.74) is -0.366. The highest BCUT2D eigenvalue weighted by Crippen LogP contribution is 2.43. The molecule has 1 heterocycles. The van der Waals surface area contributed by atoms with Crippen LogP contribution in [0.2, 0.25) is 0 Å². The van der Waals surface area contributed by atoms with Crippen LogP contribution in [0.25, 0.3) is 0 Å². The molecule has 1 aliphatic carbocycles. The van der Waals surface area contributed by atoms with Crippen LogP contribution in [-0.4, -0.2) is 42.2 Å². The number of benzene rings is 2. The SMILES string of the molecule is O=C(OC(=O)C(F)(F)F)c1cc(C2CC2)c(CN2CCC(Oc3cccc(C(F)(F)F)c3)CC2)cc1F. The number of hydrogen-bond acceptors (Lipinski definition) is 5. The molecule has 1 saturated carbocycles. The number of halogens is 7. The van der Waals surface area contributed by atoms with E-state index in [2.05, 4.69) is 4.74 Å². The van der Waals surface area contributed by atoms with E-state index in [9.17, 15) is 40.3 Å². The van der Waals surface area contributed by atoms with E-state index in [1.807, 2.05) is 4.90 Å². The Kier molecular flexibility index (Phi) is 7.50. The minimum absolute atomic E-state index is 0.0160. The molecule has 4 rings (SSSR count). The van der Waals surface area contributed by atoms with Crippen LogP contribution in [0.3, 0.4) is 0 Å². The summed E-state index contributed by atoms with van der Waals surface area (Å²) >= 11 is 0. The molecule has 12 heteroatoms. The zero-order chi connectivity index (χ0) is 27.0. The number of carbonyl (C=O) groups is 2. The van der Waals surface area contributed by atoms with Gasteiger partial charge in [-0.15, -0.1) is 0 Å². The molecule has 0 aromatic heterocycles. The number of rotatable bonds is 6. The zero-order valence-electron chi connectivity index (χ0n) is 19.3. The van der Waals surface area contributed by atoms with Crippen molar-refractivity contribution in [1.82, 2.24) is 4.90 Å². The van der Waals surface area contributed by atoms with Gasteiger partial charge in [-0.05, 0) is 73.1 Å². The maximum atomic E-state index is 14.7. The summed E-state index contributed by atoms with van der Waals surface area (Å²) in [5, 5.41) is 0. The second-order valence-corrected chi connectivity index (χ2v) is 9.10. The number of esters is 2. The Bertz CT molecular complexity index is 1170. The number of hydrogen-bond donors (Lipinski definition) is 0. The van der Waals surface area contributed by atoms with Gasteiger partial charge in [-0.25, -0.2) is 14.0 Å². The van der Waals surface area contributed by atoms with Gasteiger partial charge >= 0.3 is 24.3 Å². The van der Waals surface area contributed by atoms with Crippen LogP contribution in [0.5, 0.6) is 5.75 Å². The van der Waals surface area contributed by atoms with Crippen LogP contribution in [0.15, 0.2) is 36.4 Å². The van der Waals surface area contributed by atoms with E-state index in [-0.39, 0.29) is 17.8 Å². The number of piperidine rings is 1. The first kappa shape index (κ1) is 26.9. The van der Waals surface area contributed by atoms with Crippen molar-refractivity contribution >= 4 is 11.9 Å². The molecule has 2 aromatic rings. The molecular formula is C25H22F7NO4. The van der Waals surface area contributed by atoms with E-state index < -0.39 is 41.2 Å². The molecule has 37 heavy (non-hydrogen) atoms. The van der Waals surface area contributed by atoms with Crippen LogP contribution in [0.4, 0.5) is 30.7 Å². The molecule has 5 nitrogen and oxygen atoms in total. The predicted molar refractivity (Wildman–Crippen MR) is 115 cm³/mol. The monoisotopic (exact) mass is 533 g/mol. The third-order valence-electron chi connectivity index (χ3n) is 6.28. The molecule has 2 aromatic carbocycles. The molecule has 2 aliphatic rings. The lowest BCUT2D eigenvalue weighted by atomic mass is 9.98. The third-order valence-corrected chi connectivity index (χ3v) is 6.28. The van der Waals surface area contributed by atoms with Crippen molar-refractivity contribution in [2.24, 2.45) is 0 Å². The van der Waals surface area contributed by atoms with Gasteiger partial charge in [0.15, 0.2) is 0 Å². The summed E-state index contributed by atoms with van der Waals surface area (Å²) in [6.45, 7) is 1.33. The first-order valence-electron chi connectivity index (χ1n) is 11.5. The highest BCUT2D eigenvalue weighted by Gasteiger charge is 2.43. The van der Waals surface area contributed by atoms with Gasteiger partial charge in [0.05, 0.1) is 11.1 Å². The second-order valence-electron chi connectivity index (χ2n) is 9.10. The normalized spacial score (nSPS) is 17.5. The molecule has 0 spiro atoms. The Labute approximate surface area is 207 Å².